The molecule has 0 aromatic heterocycles. The number of nitriles is 1. The van der Waals surface area contributed by atoms with E-state index < -0.39 is 5.41 Å². The molecule has 1 fully saturated rings. The Labute approximate surface area is 79.3 Å². The van der Waals surface area contributed by atoms with Gasteiger partial charge in [-0.3, -0.25) is 4.79 Å². The van der Waals surface area contributed by atoms with Crippen LogP contribution in [0.15, 0.2) is 0 Å². The number of amides is 1. The molecule has 0 heterocycles. The quantitative estimate of drug-likeness (QED) is 0.659. The molecule has 0 unspecified atom stereocenters. The molecule has 1 saturated carbocycles. The lowest BCUT2D eigenvalue weighted by atomic mass is 9.94. The van der Waals surface area contributed by atoms with E-state index in [9.17, 15) is 4.79 Å². The maximum absolute atomic E-state index is 11.7. The summed E-state index contributed by atoms with van der Waals surface area (Å²) in [6.07, 6.45) is 2.45. The smallest absolute Gasteiger partial charge is 0.242 e. The average molecular weight is 180 g/mol. The molecule has 0 atom stereocenters. The van der Waals surface area contributed by atoms with E-state index in [2.05, 4.69) is 0 Å². The van der Waals surface area contributed by atoms with Crippen LogP contribution in [0.25, 0.3) is 0 Å². The lowest BCUT2D eigenvalue weighted by Crippen LogP contribution is -2.38. The van der Waals surface area contributed by atoms with Crippen LogP contribution in [0.3, 0.4) is 0 Å². The zero-order valence-corrected chi connectivity index (χ0v) is 8.50. The first kappa shape index (κ1) is 10.0. The minimum atomic E-state index is -0.871. The molecule has 0 bridgehead atoms. The number of hydrogen-bond donors (Lipinski definition) is 0. The van der Waals surface area contributed by atoms with Gasteiger partial charge in [0.1, 0.15) is 5.41 Å². The van der Waals surface area contributed by atoms with E-state index in [0.717, 1.165) is 6.54 Å². The number of rotatable bonds is 3. The normalized spacial score (nSPS) is 16.5. The molecule has 3 heteroatoms. The molecule has 72 valence electrons. The average Bonchev–Trinajstić information content (AvgIpc) is 2.86. The monoisotopic (exact) mass is 180 g/mol. The Bertz CT molecular complexity index is 248. The molecule has 0 aliphatic heterocycles. The van der Waals surface area contributed by atoms with Crippen molar-refractivity contribution in [1.29, 1.82) is 5.26 Å². The zero-order chi connectivity index (χ0) is 10.1. The lowest BCUT2D eigenvalue weighted by molar-refractivity contribution is -0.136. The summed E-state index contributed by atoms with van der Waals surface area (Å²) in [6.45, 7) is 4.14. The lowest BCUT2D eigenvalue weighted by Gasteiger charge is -2.23. The van der Waals surface area contributed by atoms with Crippen molar-refractivity contribution in [2.24, 2.45) is 11.3 Å². The molecule has 0 aromatic rings. The van der Waals surface area contributed by atoms with Crippen molar-refractivity contribution in [3.63, 3.8) is 0 Å². The van der Waals surface area contributed by atoms with Crippen LogP contribution < -0.4 is 0 Å². The Hall–Kier alpha value is -1.04. The Morgan fingerprint density at radius 2 is 2.15 bits per heavy atom. The molecular weight excluding hydrogens is 164 g/mol. The summed E-state index contributed by atoms with van der Waals surface area (Å²) in [5.41, 5.74) is -0.871. The molecule has 1 amide bonds. The molecule has 0 radical (unpaired) electrons. The molecule has 3 nitrogen and oxygen atoms in total. The van der Waals surface area contributed by atoms with Crippen LogP contribution in [0.4, 0.5) is 0 Å². The van der Waals surface area contributed by atoms with Gasteiger partial charge in [-0.2, -0.15) is 5.26 Å². The van der Waals surface area contributed by atoms with Gasteiger partial charge in [0.2, 0.25) is 5.91 Å². The number of carbonyl (C=O) groups excluding carboxylic acids is 1. The summed E-state index contributed by atoms with van der Waals surface area (Å²) >= 11 is 0. The summed E-state index contributed by atoms with van der Waals surface area (Å²) in [5.74, 6) is 0.616. The first-order valence-electron chi connectivity index (χ1n) is 4.64. The summed E-state index contributed by atoms with van der Waals surface area (Å²) < 4.78 is 0. The molecule has 0 N–H and O–H groups in total. The third-order valence-corrected chi connectivity index (χ3v) is 2.39. The standard InChI is InChI=1S/C10H16N2O/c1-10(2,7-11)9(13)12(3)6-8-4-5-8/h8H,4-6H2,1-3H3. The van der Waals surface area contributed by atoms with E-state index in [1.165, 1.54) is 12.8 Å². The van der Waals surface area contributed by atoms with Gasteiger partial charge in [-0.25, -0.2) is 0 Å². The van der Waals surface area contributed by atoms with Gasteiger partial charge in [0, 0.05) is 13.6 Å². The Balaban J connectivity index is 2.50. The van der Waals surface area contributed by atoms with Crippen LogP contribution in [0.1, 0.15) is 26.7 Å². The van der Waals surface area contributed by atoms with Gasteiger partial charge in [0.15, 0.2) is 0 Å². The highest BCUT2D eigenvalue weighted by atomic mass is 16.2. The minimum Gasteiger partial charge on any atom is -0.344 e. The third kappa shape index (κ3) is 2.45. The maximum Gasteiger partial charge on any atom is 0.242 e. The van der Waals surface area contributed by atoms with Gasteiger partial charge in [0.05, 0.1) is 6.07 Å². The van der Waals surface area contributed by atoms with Crippen molar-refractivity contribution in [3.8, 4) is 6.07 Å². The fraction of sp³-hybridized carbons (Fsp3) is 0.800. The van der Waals surface area contributed by atoms with Crippen molar-refractivity contribution < 1.29 is 4.79 Å². The summed E-state index contributed by atoms with van der Waals surface area (Å²) in [7, 11) is 1.78. The third-order valence-electron chi connectivity index (χ3n) is 2.39. The zero-order valence-electron chi connectivity index (χ0n) is 8.50. The Morgan fingerprint density at radius 1 is 1.62 bits per heavy atom. The van der Waals surface area contributed by atoms with Crippen molar-refractivity contribution in [3.05, 3.63) is 0 Å². The molecule has 1 aliphatic carbocycles. The van der Waals surface area contributed by atoms with Crippen LogP contribution in [-0.2, 0) is 4.79 Å². The Kier molecular flexibility index (Phi) is 2.60. The van der Waals surface area contributed by atoms with Crippen LogP contribution in [-0.4, -0.2) is 24.4 Å². The first-order chi connectivity index (χ1) is 5.97. The first-order valence-corrected chi connectivity index (χ1v) is 4.64. The second-order valence-corrected chi connectivity index (χ2v) is 4.37. The van der Waals surface area contributed by atoms with E-state index in [-0.39, 0.29) is 5.91 Å². The Morgan fingerprint density at radius 3 is 2.54 bits per heavy atom. The van der Waals surface area contributed by atoms with Crippen LogP contribution in [0, 0.1) is 22.7 Å². The summed E-state index contributed by atoms with van der Waals surface area (Å²) in [6, 6.07) is 2.02. The number of hydrogen-bond acceptors (Lipinski definition) is 2. The van der Waals surface area contributed by atoms with Crippen molar-refractivity contribution in [2.75, 3.05) is 13.6 Å². The summed E-state index contributed by atoms with van der Waals surface area (Å²) in [4.78, 5) is 13.3. The summed E-state index contributed by atoms with van der Waals surface area (Å²) in [5, 5.41) is 8.77. The SMILES string of the molecule is CN(CC1CC1)C(=O)C(C)(C)C#N. The predicted molar refractivity (Wildman–Crippen MR) is 49.8 cm³/mol. The second kappa shape index (κ2) is 3.37. The highest BCUT2D eigenvalue weighted by Gasteiger charge is 2.33. The predicted octanol–water partition coefficient (Wildman–Crippen LogP) is 1.40. The van der Waals surface area contributed by atoms with Gasteiger partial charge in [-0.15, -0.1) is 0 Å². The van der Waals surface area contributed by atoms with Crippen molar-refractivity contribution >= 4 is 5.91 Å². The number of carbonyl (C=O) groups is 1. The maximum atomic E-state index is 11.7. The fourth-order valence-electron chi connectivity index (χ4n) is 1.30. The van der Waals surface area contributed by atoms with Gasteiger partial charge >= 0.3 is 0 Å². The van der Waals surface area contributed by atoms with E-state index in [0.29, 0.717) is 5.92 Å². The molecule has 1 rings (SSSR count). The molecule has 0 saturated heterocycles. The van der Waals surface area contributed by atoms with Gasteiger partial charge < -0.3 is 4.90 Å². The van der Waals surface area contributed by atoms with Crippen LogP contribution in [0.5, 0.6) is 0 Å². The van der Waals surface area contributed by atoms with E-state index in [1.807, 2.05) is 6.07 Å². The molecule has 0 aromatic carbocycles. The van der Waals surface area contributed by atoms with Crippen molar-refractivity contribution in [2.45, 2.75) is 26.7 Å². The largest absolute Gasteiger partial charge is 0.344 e. The number of nitrogens with zero attached hydrogens (tertiary/aromatic N) is 2. The van der Waals surface area contributed by atoms with E-state index >= 15 is 0 Å². The highest BCUT2D eigenvalue weighted by molar-refractivity contribution is 5.84. The highest BCUT2D eigenvalue weighted by Crippen LogP contribution is 2.30. The van der Waals surface area contributed by atoms with E-state index in [4.69, 9.17) is 5.26 Å². The fourth-order valence-corrected chi connectivity index (χ4v) is 1.30. The second-order valence-electron chi connectivity index (χ2n) is 4.37. The van der Waals surface area contributed by atoms with E-state index in [1.54, 1.807) is 25.8 Å². The van der Waals surface area contributed by atoms with Gasteiger partial charge in [-0.1, -0.05) is 0 Å². The molecule has 13 heavy (non-hydrogen) atoms. The molecular formula is C10H16N2O. The molecule has 1 aliphatic rings. The van der Waals surface area contributed by atoms with Crippen molar-refractivity contribution in [1.82, 2.24) is 4.90 Å². The van der Waals surface area contributed by atoms with Crippen LogP contribution >= 0.6 is 0 Å². The van der Waals surface area contributed by atoms with Crippen LogP contribution in [0.2, 0.25) is 0 Å². The van der Waals surface area contributed by atoms with Gasteiger partial charge in [-0.05, 0) is 32.6 Å². The minimum absolute atomic E-state index is 0.0677. The van der Waals surface area contributed by atoms with Gasteiger partial charge in [0.25, 0.3) is 0 Å². The molecule has 0 spiro atoms. The topological polar surface area (TPSA) is 44.1 Å².